The number of hydrogen-bond donors (Lipinski definition) is 0. The molecule has 2 heterocycles. The van der Waals surface area contributed by atoms with Crippen molar-refractivity contribution in [3.05, 3.63) is 23.3 Å². The average molecular weight is 260 g/mol. The highest BCUT2D eigenvalue weighted by atomic mass is 19.4. The Kier molecular flexibility index (Phi) is 2.68. The first-order valence-electron chi connectivity index (χ1n) is 4.72. The number of ether oxygens (including phenoxy) is 1. The fourth-order valence-electron chi connectivity index (χ4n) is 1.37. The Bertz CT molecular complexity index is 620. The van der Waals surface area contributed by atoms with Crippen LogP contribution in [0.3, 0.4) is 0 Å². The largest absolute Gasteiger partial charge is 0.465 e. The van der Waals surface area contributed by atoms with Crippen molar-refractivity contribution in [2.45, 2.75) is 13.1 Å². The van der Waals surface area contributed by atoms with Crippen molar-refractivity contribution >= 4 is 11.7 Å². The van der Waals surface area contributed by atoms with E-state index in [1.54, 1.807) is 0 Å². The molecule has 0 saturated carbocycles. The summed E-state index contributed by atoms with van der Waals surface area (Å²) in [5.74, 6) is -2.24. The number of carbonyl (C=O) groups is 1. The van der Waals surface area contributed by atoms with Crippen LogP contribution in [0.4, 0.5) is 13.2 Å². The van der Waals surface area contributed by atoms with Crippen LogP contribution in [0.5, 0.6) is 0 Å². The van der Waals surface area contributed by atoms with E-state index in [0.717, 1.165) is 17.8 Å². The molecule has 2 aromatic rings. The molecule has 0 unspecified atom stereocenters. The molecular weight excluding hydrogens is 253 g/mol. The summed E-state index contributed by atoms with van der Waals surface area (Å²) < 4.78 is 42.6. The predicted octanol–water partition coefficient (Wildman–Crippen LogP) is 1.24. The number of esters is 1. The predicted molar refractivity (Wildman–Crippen MR) is 51.9 cm³/mol. The van der Waals surface area contributed by atoms with Crippen molar-refractivity contribution < 1.29 is 22.7 Å². The molecule has 0 radical (unpaired) electrons. The molecule has 2 rings (SSSR count). The van der Waals surface area contributed by atoms with E-state index in [-0.39, 0.29) is 17.0 Å². The summed E-state index contributed by atoms with van der Waals surface area (Å²) in [4.78, 5) is 18.2. The molecule has 0 saturated heterocycles. The zero-order chi connectivity index (χ0) is 13.5. The molecule has 9 heteroatoms. The second-order valence-corrected chi connectivity index (χ2v) is 3.39. The Labute approximate surface area is 98.4 Å². The minimum Gasteiger partial charge on any atom is -0.465 e. The van der Waals surface area contributed by atoms with Crippen molar-refractivity contribution in [1.29, 1.82) is 0 Å². The van der Waals surface area contributed by atoms with Gasteiger partial charge in [0.2, 0.25) is 0 Å². The number of rotatable bonds is 1. The van der Waals surface area contributed by atoms with Crippen LogP contribution >= 0.6 is 0 Å². The van der Waals surface area contributed by atoms with E-state index in [0.29, 0.717) is 0 Å². The maximum absolute atomic E-state index is 12.4. The maximum Gasteiger partial charge on any atom is 0.453 e. The van der Waals surface area contributed by atoms with E-state index < -0.39 is 18.0 Å². The monoisotopic (exact) mass is 260 g/mol. The Balaban J connectivity index is 2.64. The fourth-order valence-corrected chi connectivity index (χ4v) is 1.37. The highest BCUT2D eigenvalue weighted by Crippen LogP contribution is 2.26. The zero-order valence-corrected chi connectivity index (χ0v) is 9.32. The molecule has 0 aliphatic carbocycles. The number of fused-ring (bicyclic) bond motifs is 1. The van der Waals surface area contributed by atoms with Gasteiger partial charge in [0.25, 0.3) is 11.6 Å². The Hall–Kier alpha value is -2.19. The van der Waals surface area contributed by atoms with Crippen LogP contribution in [0.15, 0.2) is 6.20 Å². The van der Waals surface area contributed by atoms with E-state index in [4.69, 9.17) is 0 Å². The number of methoxy groups -OCH3 is 1. The summed E-state index contributed by atoms with van der Waals surface area (Å²) in [6.07, 6.45) is -3.56. The third-order valence-corrected chi connectivity index (χ3v) is 2.27. The second kappa shape index (κ2) is 3.93. The molecule has 0 bridgehead atoms. The number of carbonyl (C=O) groups excluding carboxylic acids is 1. The maximum atomic E-state index is 12.4. The van der Waals surface area contributed by atoms with Gasteiger partial charge in [-0.15, -0.1) is 5.10 Å². The molecule has 0 aliphatic heterocycles. The number of aromatic nitrogens is 4. The third kappa shape index (κ3) is 1.87. The van der Waals surface area contributed by atoms with Crippen molar-refractivity contribution in [1.82, 2.24) is 19.6 Å². The molecule has 6 nitrogen and oxygen atoms in total. The summed E-state index contributed by atoms with van der Waals surface area (Å²) >= 11 is 0. The van der Waals surface area contributed by atoms with Gasteiger partial charge in [0.15, 0.2) is 0 Å². The first kappa shape index (κ1) is 12.3. The van der Waals surface area contributed by atoms with Gasteiger partial charge in [-0.25, -0.2) is 14.3 Å². The first-order chi connectivity index (χ1) is 8.34. The lowest BCUT2D eigenvalue weighted by Gasteiger charge is -2.03. The smallest absolute Gasteiger partial charge is 0.453 e. The topological polar surface area (TPSA) is 69.4 Å². The Morgan fingerprint density at radius 2 is 2.11 bits per heavy atom. The number of nitrogens with zero attached hydrogens (tertiary/aromatic N) is 4. The van der Waals surface area contributed by atoms with Crippen molar-refractivity contribution in [2.24, 2.45) is 0 Å². The van der Waals surface area contributed by atoms with E-state index in [2.05, 4.69) is 19.8 Å². The van der Waals surface area contributed by atoms with Gasteiger partial charge in [-0.1, -0.05) is 0 Å². The van der Waals surface area contributed by atoms with E-state index in [1.165, 1.54) is 6.92 Å². The van der Waals surface area contributed by atoms with Crippen molar-refractivity contribution in [2.75, 3.05) is 7.11 Å². The quantitative estimate of drug-likeness (QED) is 0.721. The van der Waals surface area contributed by atoms with Gasteiger partial charge in [0.05, 0.1) is 18.4 Å². The van der Waals surface area contributed by atoms with Crippen LogP contribution in [0.1, 0.15) is 21.9 Å². The normalized spacial score (nSPS) is 11.8. The summed E-state index contributed by atoms with van der Waals surface area (Å²) in [7, 11) is 1.16. The van der Waals surface area contributed by atoms with Crippen molar-refractivity contribution in [3.8, 4) is 0 Å². The standard InChI is InChI=1S/C9H7F3N4O2/c1-4-5(6(17)18-2)3-13-8-14-7(9(10,11)12)15-16(4)8/h3H,1-2H3. The van der Waals surface area contributed by atoms with Gasteiger partial charge in [-0.3, -0.25) is 0 Å². The summed E-state index contributed by atoms with van der Waals surface area (Å²) in [6.45, 7) is 1.43. The van der Waals surface area contributed by atoms with Gasteiger partial charge in [0, 0.05) is 6.20 Å². The van der Waals surface area contributed by atoms with Gasteiger partial charge >= 0.3 is 12.1 Å². The van der Waals surface area contributed by atoms with Gasteiger partial charge in [-0.05, 0) is 6.92 Å². The van der Waals surface area contributed by atoms with Gasteiger partial charge in [-0.2, -0.15) is 18.2 Å². The molecular formula is C9H7F3N4O2. The van der Waals surface area contributed by atoms with Crippen LogP contribution in [-0.4, -0.2) is 32.7 Å². The molecule has 0 aromatic carbocycles. The fraction of sp³-hybridized carbons (Fsp3) is 0.333. The van der Waals surface area contributed by atoms with Crippen molar-refractivity contribution in [3.63, 3.8) is 0 Å². The average Bonchev–Trinajstić information content (AvgIpc) is 2.73. The van der Waals surface area contributed by atoms with E-state index >= 15 is 0 Å². The molecule has 96 valence electrons. The first-order valence-corrected chi connectivity index (χ1v) is 4.72. The van der Waals surface area contributed by atoms with E-state index in [1.807, 2.05) is 0 Å². The molecule has 0 amide bonds. The molecule has 0 N–H and O–H groups in total. The minimum atomic E-state index is -4.66. The lowest BCUT2D eigenvalue weighted by atomic mass is 10.2. The summed E-state index contributed by atoms with van der Waals surface area (Å²) in [6, 6.07) is 0. The zero-order valence-electron chi connectivity index (χ0n) is 9.32. The second-order valence-electron chi connectivity index (χ2n) is 3.39. The SMILES string of the molecule is COC(=O)c1cnc2nc(C(F)(F)F)nn2c1C. The van der Waals surface area contributed by atoms with Crippen LogP contribution < -0.4 is 0 Å². The summed E-state index contributed by atoms with van der Waals surface area (Å²) in [5, 5.41) is 3.27. The highest BCUT2D eigenvalue weighted by molar-refractivity contribution is 5.90. The van der Waals surface area contributed by atoms with Gasteiger partial charge in [0.1, 0.15) is 0 Å². The Morgan fingerprint density at radius 3 is 2.67 bits per heavy atom. The van der Waals surface area contributed by atoms with Crippen LogP contribution in [-0.2, 0) is 10.9 Å². The summed E-state index contributed by atoms with van der Waals surface area (Å²) in [5.41, 5.74) is 0.207. The Morgan fingerprint density at radius 1 is 1.44 bits per heavy atom. The lowest BCUT2D eigenvalue weighted by molar-refractivity contribution is -0.144. The minimum absolute atomic E-state index is 0.0311. The number of alkyl halides is 3. The highest BCUT2D eigenvalue weighted by Gasteiger charge is 2.36. The van der Waals surface area contributed by atoms with Crippen LogP contribution in [0, 0.1) is 6.92 Å². The number of hydrogen-bond acceptors (Lipinski definition) is 5. The van der Waals surface area contributed by atoms with Gasteiger partial charge < -0.3 is 4.74 Å². The van der Waals surface area contributed by atoms with Crippen LogP contribution in [0.2, 0.25) is 0 Å². The number of aryl methyl sites for hydroxylation is 1. The molecule has 2 aromatic heterocycles. The van der Waals surface area contributed by atoms with Crippen LogP contribution in [0.25, 0.3) is 5.78 Å². The third-order valence-electron chi connectivity index (χ3n) is 2.27. The number of halogens is 3. The van der Waals surface area contributed by atoms with E-state index in [9.17, 15) is 18.0 Å². The molecule has 0 fully saturated rings. The molecule has 18 heavy (non-hydrogen) atoms. The molecule has 0 aliphatic rings. The molecule has 0 spiro atoms. The molecule has 0 atom stereocenters. The lowest BCUT2D eigenvalue weighted by Crippen LogP contribution is -2.10.